The predicted octanol–water partition coefficient (Wildman–Crippen LogP) is 3.32. The maximum absolute atomic E-state index is 8.60. The second-order valence-corrected chi connectivity index (χ2v) is 6.76. The van der Waals surface area contributed by atoms with Crippen molar-refractivity contribution in [1.82, 2.24) is 0 Å². The van der Waals surface area contributed by atoms with Crippen LogP contribution in [0.5, 0.6) is 0 Å². The number of hydrogen-bond acceptors (Lipinski definition) is 6. The average molecular weight is 278 g/mol. The molecule has 100 valence electrons. The summed E-state index contributed by atoms with van der Waals surface area (Å²) >= 11 is 3.58. The van der Waals surface area contributed by atoms with Gasteiger partial charge in [-0.05, 0) is 45.6 Å². The molecule has 0 saturated heterocycles. The SMILES string of the molecule is C/C(=N\O)C(C)SCCCSC(C)/C(C)=N/O. The topological polar surface area (TPSA) is 65.2 Å². The number of hydrogen-bond donors (Lipinski definition) is 2. The fraction of sp³-hybridized carbons (Fsp3) is 0.818. The van der Waals surface area contributed by atoms with E-state index in [-0.39, 0.29) is 10.5 Å². The first-order valence-electron chi connectivity index (χ1n) is 5.63. The molecule has 0 radical (unpaired) electrons. The summed E-state index contributed by atoms with van der Waals surface area (Å²) in [6.07, 6.45) is 1.10. The third-order valence-corrected chi connectivity index (χ3v) is 5.25. The van der Waals surface area contributed by atoms with Crippen molar-refractivity contribution in [1.29, 1.82) is 0 Å². The van der Waals surface area contributed by atoms with Crippen LogP contribution >= 0.6 is 23.5 Å². The molecule has 0 spiro atoms. The largest absolute Gasteiger partial charge is 0.411 e. The molecule has 0 saturated carbocycles. The Kier molecular flexibility index (Phi) is 9.44. The van der Waals surface area contributed by atoms with Gasteiger partial charge in [-0.3, -0.25) is 0 Å². The zero-order valence-electron chi connectivity index (χ0n) is 10.9. The molecular formula is C11H22N2O2S2. The quantitative estimate of drug-likeness (QED) is 0.309. The van der Waals surface area contributed by atoms with Crippen molar-refractivity contribution in [3.8, 4) is 0 Å². The molecule has 0 aromatic rings. The lowest BCUT2D eigenvalue weighted by Crippen LogP contribution is -2.11. The van der Waals surface area contributed by atoms with Gasteiger partial charge in [-0.25, -0.2) is 0 Å². The molecule has 0 aliphatic rings. The molecule has 0 fully saturated rings. The van der Waals surface area contributed by atoms with E-state index in [9.17, 15) is 0 Å². The highest BCUT2D eigenvalue weighted by Crippen LogP contribution is 2.17. The molecular weight excluding hydrogens is 256 g/mol. The van der Waals surface area contributed by atoms with Gasteiger partial charge in [0.05, 0.1) is 11.4 Å². The van der Waals surface area contributed by atoms with Gasteiger partial charge in [-0.1, -0.05) is 10.3 Å². The summed E-state index contributed by atoms with van der Waals surface area (Å²) in [4.78, 5) is 0. The van der Waals surface area contributed by atoms with E-state index in [1.54, 1.807) is 23.5 Å². The Hall–Kier alpha value is -0.360. The van der Waals surface area contributed by atoms with Crippen molar-refractivity contribution in [2.75, 3.05) is 11.5 Å². The summed E-state index contributed by atoms with van der Waals surface area (Å²) in [5.74, 6) is 2.09. The zero-order valence-corrected chi connectivity index (χ0v) is 12.5. The zero-order chi connectivity index (χ0) is 13.3. The van der Waals surface area contributed by atoms with Crippen LogP contribution in [0.4, 0.5) is 0 Å². The van der Waals surface area contributed by atoms with Crippen molar-refractivity contribution in [3.05, 3.63) is 0 Å². The molecule has 0 amide bonds. The van der Waals surface area contributed by atoms with Crippen LogP contribution in [0.2, 0.25) is 0 Å². The molecule has 0 aromatic carbocycles. The van der Waals surface area contributed by atoms with E-state index in [2.05, 4.69) is 10.3 Å². The van der Waals surface area contributed by atoms with E-state index in [4.69, 9.17) is 10.4 Å². The normalized spacial score (nSPS) is 16.9. The molecule has 0 aromatic heterocycles. The Balaban J connectivity index is 3.60. The average Bonchev–Trinajstić information content (AvgIpc) is 2.35. The predicted molar refractivity (Wildman–Crippen MR) is 78.2 cm³/mol. The molecule has 0 bridgehead atoms. The van der Waals surface area contributed by atoms with Gasteiger partial charge in [-0.2, -0.15) is 23.5 Å². The van der Waals surface area contributed by atoms with Crippen LogP contribution in [0.25, 0.3) is 0 Å². The summed E-state index contributed by atoms with van der Waals surface area (Å²) in [7, 11) is 0. The van der Waals surface area contributed by atoms with E-state index in [1.807, 2.05) is 27.7 Å². The lowest BCUT2D eigenvalue weighted by Gasteiger charge is -2.11. The summed E-state index contributed by atoms with van der Waals surface area (Å²) in [6.45, 7) is 7.74. The smallest absolute Gasteiger partial charge is 0.0666 e. The molecule has 0 rings (SSSR count). The molecule has 6 heteroatoms. The highest BCUT2D eigenvalue weighted by atomic mass is 32.2. The van der Waals surface area contributed by atoms with Crippen molar-refractivity contribution < 1.29 is 10.4 Å². The second kappa shape index (κ2) is 9.65. The number of thioether (sulfide) groups is 2. The Labute approximate surface area is 112 Å². The van der Waals surface area contributed by atoms with Gasteiger partial charge in [-0.15, -0.1) is 0 Å². The van der Waals surface area contributed by atoms with E-state index >= 15 is 0 Å². The molecule has 2 N–H and O–H groups in total. The van der Waals surface area contributed by atoms with Crippen LogP contribution in [0.3, 0.4) is 0 Å². The number of oxime groups is 2. The minimum absolute atomic E-state index is 0.267. The summed E-state index contributed by atoms with van der Waals surface area (Å²) in [5, 5.41) is 24.1. The minimum Gasteiger partial charge on any atom is -0.411 e. The van der Waals surface area contributed by atoms with Crippen molar-refractivity contribution in [2.45, 2.75) is 44.6 Å². The lowest BCUT2D eigenvalue weighted by molar-refractivity contribution is 0.317. The monoisotopic (exact) mass is 278 g/mol. The van der Waals surface area contributed by atoms with Gasteiger partial charge in [0.25, 0.3) is 0 Å². The van der Waals surface area contributed by atoms with E-state index in [0.29, 0.717) is 0 Å². The maximum Gasteiger partial charge on any atom is 0.0666 e. The van der Waals surface area contributed by atoms with Gasteiger partial charge in [0.2, 0.25) is 0 Å². The lowest BCUT2D eigenvalue weighted by atomic mass is 10.3. The van der Waals surface area contributed by atoms with Gasteiger partial charge < -0.3 is 10.4 Å². The highest BCUT2D eigenvalue weighted by Gasteiger charge is 2.08. The first-order valence-corrected chi connectivity index (χ1v) is 7.73. The van der Waals surface area contributed by atoms with Crippen LogP contribution < -0.4 is 0 Å². The van der Waals surface area contributed by atoms with Crippen LogP contribution in [-0.4, -0.2) is 43.8 Å². The summed E-state index contributed by atoms with van der Waals surface area (Å²) < 4.78 is 0. The van der Waals surface area contributed by atoms with E-state index in [1.165, 1.54) is 0 Å². The molecule has 0 aliphatic heterocycles. The van der Waals surface area contributed by atoms with Crippen LogP contribution in [0, 0.1) is 0 Å². The first kappa shape index (κ1) is 16.6. The van der Waals surface area contributed by atoms with Crippen molar-refractivity contribution in [2.24, 2.45) is 10.3 Å². The van der Waals surface area contributed by atoms with Crippen molar-refractivity contribution >= 4 is 34.9 Å². The molecule has 0 heterocycles. The van der Waals surface area contributed by atoms with Crippen LogP contribution in [0.1, 0.15) is 34.1 Å². The second-order valence-electron chi connectivity index (χ2n) is 3.86. The van der Waals surface area contributed by atoms with Crippen LogP contribution in [0.15, 0.2) is 10.3 Å². The highest BCUT2D eigenvalue weighted by molar-refractivity contribution is 8.01. The van der Waals surface area contributed by atoms with Crippen molar-refractivity contribution in [3.63, 3.8) is 0 Å². The molecule has 2 unspecified atom stereocenters. The van der Waals surface area contributed by atoms with Gasteiger partial charge >= 0.3 is 0 Å². The Morgan fingerprint density at radius 2 is 1.29 bits per heavy atom. The molecule has 2 atom stereocenters. The Morgan fingerprint density at radius 1 is 0.941 bits per heavy atom. The van der Waals surface area contributed by atoms with Gasteiger partial charge in [0.15, 0.2) is 0 Å². The van der Waals surface area contributed by atoms with E-state index < -0.39 is 0 Å². The molecule has 17 heavy (non-hydrogen) atoms. The third-order valence-electron chi connectivity index (χ3n) is 2.52. The summed E-state index contributed by atoms with van der Waals surface area (Å²) in [5.41, 5.74) is 1.53. The van der Waals surface area contributed by atoms with E-state index in [0.717, 1.165) is 29.3 Å². The fourth-order valence-electron chi connectivity index (χ4n) is 0.983. The Bertz CT molecular complexity index is 244. The van der Waals surface area contributed by atoms with Gasteiger partial charge in [0, 0.05) is 10.5 Å². The first-order chi connectivity index (χ1) is 8.02. The van der Waals surface area contributed by atoms with Crippen LogP contribution in [-0.2, 0) is 0 Å². The Morgan fingerprint density at radius 3 is 1.59 bits per heavy atom. The summed E-state index contributed by atoms with van der Waals surface area (Å²) in [6, 6.07) is 0. The number of nitrogens with zero attached hydrogens (tertiary/aromatic N) is 2. The fourth-order valence-corrected chi connectivity index (χ4v) is 3.07. The molecule has 0 aliphatic carbocycles. The minimum atomic E-state index is 0.267. The maximum atomic E-state index is 8.60. The standard InChI is InChI=1S/C11H22N2O2S2/c1-8(12-14)10(3)16-6-5-7-17-11(4)9(2)13-15/h10-11,14-15H,5-7H2,1-4H3/b12-8+,13-9+. The molecule has 4 nitrogen and oxygen atoms in total. The number of rotatable bonds is 8. The third kappa shape index (κ3) is 7.54. The van der Waals surface area contributed by atoms with Gasteiger partial charge in [0.1, 0.15) is 0 Å².